The molecular formula is C30H66O15Si4. The highest BCUT2D eigenvalue weighted by Gasteiger charge is 2.51. The molecule has 0 aromatic rings. The molecule has 49 heavy (non-hydrogen) atoms. The minimum absolute atomic E-state index is 0.196. The molecule has 2 heterocycles. The van der Waals surface area contributed by atoms with Crippen molar-refractivity contribution in [2.45, 2.75) is 64.6 Å². The second-order valence-corrected chi connectivity index (χ2v) is 28.6. The SMILES string of the molecule is C[Si](C)(C)O[Si](C)(OCC1COCCOCCOCCOCCO1)O[Si](C)(OCC1COCCOCCOCCOCCO1)O[Si](C)(C)C. The molecule has 0 bridgehead atoms. The van der Waals surface area contributed by atoms with Crippen molar-refractivity contribution in [1.82, 2.24) is 0 Å². The van der Waals surface area contributed by atoms with Crippen LogP contribution in [-0.4, -0.2) is 179 Å². The molecule has 0 amide bonds. The van der Waals surface area contributed by atoms with Crippen LogP contribution in [0, 0.1) is 0 Å². The lowest BCUT2D eigenvalue weighted by atomic mass is 10.4. The number of hydrogen-bond donors (Lipinski definition) is 0. The number of ether oxygens (including phenoxy) is 10. The third kappa shape index (κ3) is 25.0. The van der Waals surface area contributed by atoms with Crippen LogP contribution in [-0.2, 0) is 68.6 Å². The molecule has 4 atom stereocenters. The van der Waals surface area contributed by atoms with Gasteiger partial charge in [0.25, 0.3) is 0 Å². The van der Waals surface area contributed by atoms with Crippen LogP contribution in [0.1, 0.15) is 0 Å². The van der Waals surface area contributed by atoms with Gasteiger partial charge in [0.15, 0.2) is 16.6 Å². The van der Waals surface area contributed by atoms with Crippen LogP contribution in [0.3, 0.4) is 0 Å². The van der Waals surface area contributed by atoms with E-state index in [1.807, 2.05) is 13.1 Å². The Bertz CT molecular complexity index is 729. The molecule has 0 saturated carbocycles. The Morgan fingerprint density at radius 1 is 0.367 bits per heavy atom. The lowest BCUT2D eigenvalue weighted by Crippen LogP contribution is -2.62. The Balaban J connectivity index is 2.13. The van der Waals surface area contributed by atoms with Gasteiger partial charge in [-0.3, -0.25) is 0 Å². The van der Waals surface area contributed by atoms with Crippen molar-refractivity contribution in [3.8, 4) is 0 Å². The molecule has 2 rings (SSSR count). The molecule has 0 spiro atoms. The van der Waals surface area contributed by atoms with Crippen molar-refractivity contribution in [2.24, 2.45) is 0 Å². The first kappa shape index (κ1) is 45.4. The third-order valence-electron chi connectivity index (χ3n) is 6.42. The maximum Gasteiger partial charge on any atom is 0.479 e. The van der Waals surface area contributed by atoms with Crippen molar-refractivity contribution < 1.29 is 68.6 Å². The Morgan fingerprint density at radius 3 is 0.918 bits per heavy atom. The average molecular weight is 779 g/mol. The average Bonchev–Trinajstić information content (AvgIpc) is 3.01. The summed E-state index contributed by atoms with van der Waals surface area (Å²) in [6, 6.07) is 0. The summed E-state index contributed by atoms with van der Waals surface area (Å²) in [5.41, 5.74) is 0. The zero-order valence-electron chi connectivity index (χ0n) is 31.4. The van der Waals surface area contributed by atoms with Gasteiger partial charge in [0, 0.05) is 13.1 Å². The van der Waals surface area contributed by atoms with E-state index in [1.165, 1.54) is 0 Å². The first-order valence-corrected chi connectivity index (χ1v) is 28.8. The summed E-state index contributed by atoms with van der Waals surface area (Å²) in [5.74, 6) is 0. The molecule has 292 valence electrons. The van der Waals surface area contributed by atoms with Gasteiger partial charge in [-0.15, -0.1) is 0 Å². The van der Waals surface area contributed by atoms with E-state index in [1.54, 1.807) is 0 Å². The van der Waals surface area contributed by atoms with E-state index < -0.39 is 34.2 Å². The van der Waals surface area contributed by atoms with Crippen LogP contribution in [0.15, 0.2) is 0 Å². The highest BCUT2D eigenvalue weighted by atomic mass is 28.5. The maximum absolute atomic E-state index is 6.87. The van der Waals surface area contributed by atoms with Crippen LogP contribution in [0.4, 0.5) is 0 Å². The molecule has 2 saturated heterocycles. The number of rotatable bonds is 12. The first-order chi connectivity index (χ1) is 23.3. The minimum Gasteiger partial charge on any atom is -0.416 e. The van der Waals surface area contributed by atoms with Crippen LogP contribution >= 0.6 is 0 Å². The second-order valence-electron chi connectivity index (χ2n) is 13.7. The van der Waals surface area contributed by atoms with Gasteiger partial charge in [-0.2, -0.15) is 0 Å². The van der Waals surface area contributed by atoms with Crippen molar-refractivity contribution in [3.05, 3.63) is 0 Å². The predicted molar refractivity (Wildman–Crippen MR) is 191 cm³/mol. The topological polar surface area (TPSA) is 138 Å². The van der Waals surface area contributed by atoms with Gasteiger partial charge in [0.1, 0.15) is 12.2 Å². The lowest BCUT2D eigenvalue weighted by molar-refractivity contribution is -0.0724. The molecule has 0 N–H and O–H groups in total. The van der Waals surface area contributed by atoms with Crippen LogP contribution in [0.25, 0.3) is 0 Å². The van der Waals surface area contributed by atoms with Crippen molar-refractivity contribution >= 4 is 34.2 Å². The summed E-state index contributed by atoms with van der Waals surface area (Å²) < 4.78 is 90.9. The normalized spacial score (nSPS) is 26.2. The van der Waals surface area contributed by atoms with Gasteiger partial charge in [0.05, 0.1) is 132 Å². The maximum atomic E-state index is 6.87. The van der Waals surface area contributed by atoms with E-state index in [4.69, 9.17) is 68.6 Å². The van der Waals surface area contributed by atoms with E-state index >= 15 is 0 Å². The fourth-order valence-electron chi connectivity index (χ4n) is 4.68. The zero-order chi connectivity index (χ0) is 35.9. The van der Waals surface area contributed by atoms with E-state index in [0.29, 0.717) is 119 Å². The molecule has 0 radical (unpaired) electrons. The van der Waals surface area contributed by atoms with E-state index in [-0.39, 0.29) is 25.4 Å². The van der Waals surface area contributed by atoms with Gasteiger partial charge in [-0.25, -0.2) is 0 Å². The summed E-state index contributed by atoms with van der Waals surface area (Å²) >= 11 is 0. The molecule has 0 aromatic carbocycles. The smallest absolute Gasteiger partial charge is 0.416 e. The van der Waals surface area contributed by atoms with Crippen molar-refractivity contribution in [3.63, 3.8) is 0 Å². The van der Waals surface area contributed by atoms with Crippen LogP contribution < -0.4 is 0 Å². The molecule has 2 aliphatic rings. The molecule has 15 nitrogen and oxygen atoms in total. The predicted octanol–water partition coefficient (Wildman–Crippen LogP) is 2.81. The van der Waals surface area contributed by atoms with E-state index in [2.05, 4.69) is 39.3 Å². The highest BCUT2D eigenvalue weighted by Crippen LogP contribution is 2.26. The zero-order valence-corrected chi connectivity index (χ0v) is 35.4. The fourth-order valence-corrected chi connectivity index (χ4v) is 19.3. The number of hydrogen-bond acceptors (Lipinski definition) is 15. The molecule has 2 fully saturated rings. The third-order valence-corrected chi connectivity index (χ3v) is 18.6. The summed E-state index contributed by atoms with van der Waals surface area (Å²) in [7, 11) is -11.1. The van der Waals surface area contributed by atoms with Gasteiger partial charge in [0.2, 0.25) is 0 Å². The molecule has 2 aliphatic heterocycles. The first-order valence-electron chi connectivity index (χ1n) is 17.5. The largest absolute Gasteiger partial charge is 0.479 e. The van der Waals surface area contributed by atoms with Crippen LogP contribution in [0.5, 0.6) is 0 Å². The Hall–Kier alpha value is 0.268. The second kappa shape index (κ2) is 25.3. The molecule has 19 heteroatoms. The van der Waals surface area contributed by atoms with E-state index in [9.17, 15) is 0 Å². The summed E-state index contributed by atoms with van der Waals surface area (Å²) in [6.07, 6.45) is -0.760. The van der Waals surface area contributed by atoms with Crippen molar-refractivity contribution in [2.75, 3.05) is 132 Å². The monoisotopic (exact) mass is 778 g/mol. The fraction of sp³-hybridized carbons (Fsp3) is 1.00. The Morgan fingerprint density at radius 2 is 0.633 bits per heavy atom. The van der Waals surface area contributed by atoms with Gasteiger partial charge in [-0.05, 0) is 39.3 Å². The summed E-state index contributed by atoms with van der Waals surface area (Å²) in [5, 5.41) is 0. The van der Waals surface area contributed by atoms with Gasteiger partial charge in [-0.1, -0.05) is 0 Å². The van der Waals surface area contributed by atoms with Crippen molar-refractivity contribution in [1.29, 1.82) is 0 Å². The van der Waals surface area contributed by atoms with Gasteiger partial charge >= 0.3 is 17.6 Å². The quantitative estimate of drug-likeness (QED) is 0.268. The summed E-state index contributed by atoms with van der Waals surface area (Å²) in [6.45, 7) is 24.9. The van der Waals surface area contributed by atoms with Crippen LogP contribution in [0.2, 0.25) is 52.4 Å². The Kier molecular flexibility index (Phi) is 23.5. The van der Waals surface area contributed by atoms with Gasteiger partial charge < -0.3 is 68.6 Å². The lowest BCUT2D eigenvalue weighted by Gasteiger charge is -2.41. The summed E-state index contributed by atoms with van der Waals surface area (Å²) in [4.78, 5) is 0. The Labute approximate surface area is 299 Å². The highest BCUT2D eigenvalue weighted by molar-refractivity contribution is 6.86. The molecular weight excluding hydrogens is 713 g/mol. The standard InChI is InChI=1S/C30H66O15Si4/c1-46(2,3)43-48(7,41-27-29-25-37-19-17-33-11-9-31-13-15-35-21-23-39-29)45-49(8,44-47(4,5)6)42-28-30-26-38-20-18-34-12-10-32-14-16-36-22-24-40-30/h29-30H,9-28H2,1-8H3. The molecule has 0 aromatic heterocycles. The molecule has 0 aliphatic carbocycles. The van der Waals surface area contributed by atoms with E-state index in [0.717, 1.165) is 0 Å². The molecule has 4 unspecified atom stereocenters. The minimum atomic E-state index is -3.37.